The molecule has 0 aromatic carbocycles. The van der Waals surface area contributed by atoms with Gasteiger partial charge in [-0.3, -0.25) is 0 Å². The van der Waals surface area contributed by atoms with Gasteiger partial charge in [-0.1, -0.05) is 0 Å². The van der Waals surface area contributed by atoms with Crippen molar-refractivity contribution in [3.05, 3.63) is 0 Å². The van der Waals surface area contributed by atoms with Gasteiger partial charge in [-0.25, -0.2) is 8.78 Å². The first-order valence-electron chi connectivity index (χ1n) is 2.97. The third kappa shape index (κ3) is 2.63. The van der Waals surface area contributed by atoms with Gasteiger partial charge in [0.1, 0.15) is 6.10 Å². The van der Waals surface area contributed by atoms with Crippen molar-refractivity contribution >= 4 is 0 Å². The van der Waals surface area contributed by atoms with E-state index in [0.29, 0.717) is 0 Å². The van der Waals surface area contributed by atoms with Crippen LogP contribution in [0.4, 0.5) is 17.6 Å². The predicted octanol–water partition coefficient (Wildman–Crippen LogP) is 0.597. The van der Waals surface area contributed by atoms with Crippen molar-refractivity contribution in [1.82, 2.24) is 0 Å². The molecule has 0 bridgehead atoms. The van der Waals surface area contributed by atoms with Gasteiger partial charge in [-0.05, 0) is 13.0 Å². The predicted molar refractivity (Wildman–Crippen MR) is 30.6 cm³/mol. The van der Waals surface area contributed by atoms with Gasteiger partial charge in [0, 0.05) is 0 Å². The van der Waals surface area contributed by atoms with Crippen LogP contribution in [0, 0.1) is 0 Å². The van der Waals surface area contributed by atoms with Gasteiger partial charge in [0.05, 0.1) is 0 Å². The summed E-state index contributed by atoms with van der Waals surface area (Å²) in [5, 5.41) is 8.44. The highest BCUT2D eigenvalue weighted by atomic mass is 19.3. The Hall–Kier alpha value is -0.360. The maximum Gasteiger partial charge on any atom is 0.332 e. The molecule has 0 aliphatic rings. The van der Waals surface area contributed by atoms with Crippen molar-refractivity contribution in [2.45, 2.75) is 24.9 Å². The Morgan fingerprint density at radius 3 is 2.09 bits per heavy atom. The van der Waals surface area contributed by atoms with E-state index in [0.717, 1.165) is 0 Å². The Morgan fingerprint density at radius 1 is 1.36 bits per heavy atom. The number of hydrogen-bond donors (Lipinski definition) is 2. The molecule has 0 aromatic rings. The highest BCUT2D eigenvalue weighted by Gasteiger charge is 2.47. The van der Waals surface area contributed by atoms with Gasteiger partial charge in [-0.15, -0.1) is 0 Å². The summed E-state index contributed by atoms with van der Waals surface area (Å²) < 4.78 is 47.0. The molecular weight excluding hydrogens is 166 g/mol. The van der Waals surface area contributed by atoms with E-state index < -0.39 is 24.9 Å². The molecule has 0 heterocycles. The largest absolute Gasteiger partial charge is 0.387 e. The maximum absolute atomic E-state index is 12.1. The standard InChI is InChI=1S/C5H9F4NO/c6-4(7)5(8,9)3(11)1-2-10/h3-4,11H,1-2,10H2. The summed E-state index contributed by atoms with van der Waals surface area (Å²) in [5.74, 6) is -4.35. The zero-order valence-corrected chi connectivity index (χ0v) is 5.61. The highest BCUT2D eigenvalue weighted by molar-refractivity contribution is 4.78. The van der Waals surface area contributed by atoms with Crippen LogP contribution >= 0.6 is 0 Å². The first-order valence-corrected chi connectivity index (χ1v) is 2.97. The topological polar surface area (TPSA) is 46.2 Å². The van der Waals surface area contributed by atoms with E-state index >= 15 is 0 Å². The molecule has 2 nitrogen and oxygen atoms in total. The van der Waals surface area contributed by atoms with Crippen molar-refractivity contribution in [2.24, 2.45) is 5.73 Å². The van der Waals surface area contributed by atoms with E-state index in [-0.39, 0.29) is 6.54 Å². The van der Waals surface area contributed by atoms with E-state index in [1.807, 2.05) is 0 Å². The van der Waals surface area contributed by atoms with Crippen molar-refractivity contribution < 1.29 is 22.7 Å². The molecule has 68 valence electrons. The molecule has 0 aromatic heterocycles. The zero-order chi connectivity index (χ0) is 9.07. The smallest absolute Gasteiger partial charge is 0.332 e. The molecule has 1 atom stereocenters. The molecule has 0 amide bonds. The monoisotopic (exact) mass is 175 g/mol. The fourth-order valence-corrected chi connectivity index (χ4v) is 0.496. The van der Waals surface area contributed by atoms with E-state index in [9.17, 15) is 17.6 Å². The maximum atomic E-state index is 12.1. The molecule has 0 saturated heterocycles. The molecule has 6 heteroatoms. The fourth-order valence-electron chi connectivity index (χ4n) is 0.496. The number of nitrogens with two attached hydrogens (primary N) is 1. The Kier molecular flexibility index (Phi) is 3.74. The molecule has 3 N–H and O–H groups in total. The van der Waals surface area contributed by atoms with Crippen LogP contribution in [0.3, 0.4) is 0 Å². The van der Waals surface area contributed by atoms with E-state index in [4.69, 9.17) is 10.8 Å². The number of aliphatic hydroxyl groups excluding tert-OH is 1. The molecule has 0 radical (unpaired) electrons. The Balaban J connectivity index is 4.05. The van der Waals surface area contributed by atoms with Gasteiger partial charge in [0.15, 0.2) is 0 Å². The average molecular weight is 175 g/mol. The van der Waals surface area contributed by atoms with Crippen LogP contribution < -0.4 is 5.73 Å². The molecule has 0 aliphatic heterocycles. The molecule has 0 aliphatic carbocycles. The highest BCUT2D eigenvalue weighted by Crippen LogP contribution is 2.27. The van der Waals surface area contributed by atoms with Gasteiger partial charge < -0.3 is 10.8 Å². The normalized spacial score (nSPS) is 15.5. The minimum atomic E-state index is -4.35. The van der Waals surface area contributed by atoms with Gasteiger partial charge in [-0.2, -0.15) is 8.78 Å². The molecular formula is C5H9F4NO. The molecule has 0 saturated carbocycles. The van der Waals surface area contributed by atoms with Crippen molar-refractivity contribution in [1.29, 1.82) is 0 Å². The van der Waals surface area contributed by atoms with E-state index in [1.54, 1.807) is 0 Å². The minimum absolute atomic E-state index is 0.247. The lowest BCUT2D eigenvalue weighted by molar-refractivity contribution is -0.192. The first kappa shape index (κ1) is 10.6. The Morgan fingerprint density at radius 2 is 1.82 bits per heavy atom. The Labute approximate surface area is 61.0 Å². The fraction of sp³-hybridized carbons (Fsp3) is 1.00. The van der Waals surface area contributed by atoms with Crippen LogP contribution in [0.2, 0.25) is 0 Å². The summed E-state index contributed by atoms with van der Waals surface area (Å²) in [7, 11) is 0. The van der Waals surface area contributed by atoms with Crippen LogP contribution in [0.15, 0.2) is 0 Å². The lowest BCUT2D eigenvalue weighted by atomic mass is 10.1. The van der Waals surface area contributed by atoms with Crippen molar-refractivity contribution in [2.75, 3.05) is 6.54 Å². The van der Waals surface area contributed by atoms with Crippen LogP contribution in [0.5, 0.6) is 0 Å². The van der Waals surface area contributed by atoms with Gasteiger partial charge in [0.25, 0.3) is 0 Å². The summed E-state index contributed by atoms with van der Waals surface area (Å²) in [6, 6.07) is 0. The lowest BCUT2D eigenvalue weighted by Crippen LogP contribution is -2.41. The number of aliphatic hydroxyl groups is 1. The summed E-state index contributed by atoms with van der Waals surface area (Å²) in [6.45, 7) is -0.247. The molecule has 0 spiro atoms. The van der Waals surface area contributed by atoms with Gasteiger partial charge >= 0.3 is 12.3 Å². The second kappa shape index (κ2) is 3.87. The number of alkyl halides is 4. The molecule has 1 unspecified atom stereocenters. The summed E-state index contributed by atoms with van der Waals surface area (Å²) >= 11 is 0. The van der Waals surface area contributed by atoms with Crippen LogP contribution in [-0.2, 0) is 0 Å². The molecule has 0 rings (SSSR count). The van der Waals surface area contributed by atoms with Crippen LogP contribution in [-0.4, -0.2) is 30.1 Å². The summed E-state index contributed by atoms with van der Waals surface area (Å²) in [5.41, 5.74) is 4.79. The minimum Gasteiger partial charge on any atom is -0.387 e. The SMILES string of the molecule is NCCC(O)C(F)(F)C(F)F. The van der Waals surface area contributed by atoms with Crippen LogP contribution in [0.25, 0.3) is 0 Å². The third-order valence-electron chi connectivity index (χ3n) is 1.18. The average Bonchev–Trinajstić information content (AvgIpc) is 1.88. The number of rotatable bonds is 4. The second-order valence-corrected chi connectivity index (χ2v) is 2.07. The zero-order valence-electron chi connectivity index (χ0n) is 5.61. The van der Waals surface area contributed by atoms with Crippen LogP contribution in [0.1, 0.15) is 6.42 Å². The van der Waals surface area contributed by atoms with Crippen molar-refractivity contribution in [3.63, 3.8) is 0 Å². The quantitative estimate of drug-likeness (QED) is 0.614. The summed E-state index contributed by atoms with van der Waals surface area (Å²) in [6.07, 6.45) is -6.73. The van der Waals surface area contributed by atoms with Gasteiger partial charge in [0.2, 0.25) is 0 Å². The number of halogens is 4. The number of hydrogen-bond acceptors (Lipinski definition) is 2. The molecule has 0 fully saturated rings. The second-order valence-electron chi connectivity index (χ2n) is 2.07. The van der Waals surface area contributed by atoms with E-state index in [2.05, 4.69) is 0 Å². The Bertz CT molecular complexity index is 119. The van der Waals surface area contributed by atoms with Crippen molar-refractivity contribution in [3.8, 4) is 0 Å². The first-order chi connectivity index (χ1) is 4.92. The lowest BCUT2D eigenvalue weighted by Gasteiger charge is -2.20. The third-order valence-corrected chi connectivity index (χ3v) is 1.18. The summed E-state index contributed by atoms with van der Waals surface area (Å²) in [4.78, 5) is 0. The van der Waals surface area contributed by atoms with E-state index in [1.165, 1.54) is 0 Å². The molecule has 11 heavy (non-hydrogen) atoms.